The van der Waals surface area contributed by atoms with Crippen LogP contribution in [0.1, 0.15) is 24.1 Å². The molecular weight excluding hydrogens is 330 g/mol. The molecule has 6 heteroatoms. The molecule has 3 rings (SSSR count). The van der Waals surface area contributed by atoms with Crippen LogP contribution in [0, 0.1) is 10.1 Å². The maximum Gasteiger partial charge on any atom is 0.269 e. The zero-order valence-corrected chi connectivity index (χ0v) is 14.6. The molecule has 0 fully saturated rings. The summed E-state index contributed by atoms with van der Waals surface area (Å²) in [4.78, 5) is 29.3. The first-order valence-electron chi connectivity index (χ1n) is 8.30. The summed E-state index contributed by atoms with van der Waals surface area (Å²) in [6.45, 7) is 1.86. The minimum Gasteiger partial charge on any atom is -0.339 e. The first-order valence-corrected chi connectivity index (χ1v) is 8.30. The number of pyridine rings is 1. The molecule has 1 unspecified atom stereocenters. The van der Waals surface area contributed by atoms with Gasteiger partial charge in [-0.3, -0.25) is 19.9 Å². The van der Waals surface area contributed by atoms with E-state index >= 15 is 0 Å². The maximum atomic E-state index is 12.8. The quantitative estimate of drug-likeness (QED) is 0.517. The fourth-order valence-corrected chi connectivity index (χ4v) is 2.94. The fraction of sp³-hybridized carbons (Fsp3) is 0.200. The number of fused-ring (bicyclic) bond motifs is 1. The third kappa shape index (κ3) is 3.54. The lowest BCUT2D eigenvalue weighted by atomic mass is 10.0. The molecule has 6 nitrogen and oxygen atoms in total. The van der Waals surface area contributed by atoms with Crippen LogP contribution < -0.4 is 0 Å². The minimum atomic E-state index is -0.431. The van der Waals surface area contributed by atoms with Crippen molar-refractivity contribution in [2.24, 2.45) is 0 Å². The van der Waals surface area contributed by atoms with Crippen LogP contribution in [0.15, 0.2) is 60.8 Å². The third-order valence-corrected chi connectivity index (χ3v) is 4.60. The number of nitrogens with zero attached hydrogens (tertiary/aromatic N) is 3. The Bertz CT molecular complexity index is 966. The summed E-state index contributed by atoms with van der Waals surface area (Å²) in [6.07, 6.45) is 1.94. The number of aromatic nitrogens is 1. The molecule has 0 saturated carbocycles. The van der Waals surface area contributed by atoms with E-state index < -0.39 is 4.92 Å². The average molecular weight is 349 g/mol. The van der Waals surface area contributed by atoms with Crippen molar-refractivity contribution < 1.29 is 9.72 Å². The monoisotopic (exact) mass is 349 g/mol. The van der Waals surface area contributed by atoms with E-state index in [1.807, 2.05) is 37.3 Å². The number of hydrogen-bond donors (Lipinski definition) is 0. The lowest BCUT2D eigenvalue weighted by Gasteiger charge is -2.25. The van der Waals surface area contributed by atoms with E-state index in [2.05, 4.69) is 4.98 Å². The van der Waals surface area contributed by atoms with Gasteiger partial charge in [-0.2, -0.15) is 0 Å². The number of nitro benzene ring substituents is 1. The molecule has 0 saturated heterocycles. The molecule has 1 atom stereocenters. The second kappa shape index (κ2) is 7.31. The van der Waals surface area contributed by atoms with Gasteiger partial charge in [-0.25, -0.2) is 0 Å². The molecule has 0 spiro atoms. The number of amides is 1. The molecule has 0 bridgehead atoms. The van der Waals surface area contributed by atoms with Crippen molar-refractivity contribution in [3.05, 3.63) is 82.0 Å². The molecule has 0 radical (unpaired) electrons. The van der Waals surface area contributed by atoms with Gasteiger partial charge >= 0.3 is 0 Å². The van der Waals surface area contributed by atoms with E-state index in [-0.39, 0.29) is 24.1 Å². The number of rotatable bonds is 5. The van der Waals surface area contributed by atoms with Gasteiger partial charge in [0.05, 0.1) is 22.9 Å². The summed E-state index contributed by atoms with van der Waals surface area (Å²) in [5, 5.41) is 12.0. The van der Waals surface area contributed by atoms with Gasteiger partial charge in [-0.15, -0.1) is 0 Å². The van der Waals surface area contributed by atoms with Crippen LogP contribution in [0.25, 0.3) is 10.9 Å². The van der Waals surface area contributed by atoms with Gasteiger partial charge in [0.2, 0.25) is 5.91 Å². The van der Waals surface area contributed by atoms with Crippen molar-refractivity contribution in [1.82, 2.24) is 9.88 Å². The first-order chi connectivity index (χ1) is 12.5. The van der Waals surface area contributed by atoms with Crippen LogP contribution in [0.4, 0.5) is 5.69 Å². The topological polar surface area (TPSA) is 76.3 Å². The molecule has 3 aromatic rings. The van der Waals surface area contributed by atoms with E-state index in [4.69, 9.17) is 0 Å². The molecular formula is C20H19N3O3. The SMILES string of the molecule is CC(c1cccc([N+](=O)[O-])c1)N(C)C(=O)Cc1cccc2cccnc12. The summed E-state index contributed by atoms with van der Waals surface area (Å²) in [6, 6.07) is 15.7. The Hall–Kier alpha value is -3.28. The molecule has 26 heavy (non-hydrogen) atoms. The average Bonchev–Trinajstić information content (AvgIpc) is 2.67. The summed E-state index contributed by atoms with van der Waals surface area (Å²) in [7, 11) is 1.71. The number of likely N-dealkylation sites (N-methyl/N-ethyl adjacent to an activating group) is 1. The van der Waals surface area contributed by atoms with Gasteiger partial charge in [-0.05, 0) is 24.1 Å². The predicted octanol–water partition coefficient (Wildman–Crippen LogP) is 3.91. The number of hydrogen-bond acceptors (Lipinski definition) is 4. The minimum absolute atomic E-state index is 0.0217. The Morgan fingerprint density at radius 2 is 1.92 bits per heavy atom. The van der Waals surface area contributed by atoms with Crippen molar-refractivity contribution in [2.75, 3.05) is 7.05 Å². The molecule has 0 aliphatic heterocycles. The van der Waals surface area contributed by atoms with Gasteiger partial charge in [-0.1, -0.05) is 36.4 Å². The fourth-order valence-electron chi connectivity index (χ4n) is 2.94. The number of para-hydroxylation sites is 1. The van der Waals surface area contributed by atoms with Crippen LogP contribution in [-0.2, 0) is 11.2 Å². The largest absolute Gasteiger partial charge is 0.339 e. The van der Waals surface area contributed by atoms with E-state index in [9.17, 15) is 14.9 Å². The highest BCUT2D eigenvalue weighted by molar-refractivity contribution is 5.87. The zero-order valence-electron chi connectivity index (χ0n) is 14.6. The highest BCUT2D eigenvalue weighted by Gasteiger charge is 2.20. The standard InChI is InChI=1S/C20H19N3O3/c1-14(16-7-4-10-18(12-16)23(25)26)22(2)19(24)13-17-8-3-6-15-9-5-11-21-20(15)17/h3-12,14H,13H2,1-2H3. The molecule has 0 aliphatic rings. The molecule has 0 N–H and O–H groups in total. The van der Waals surface area contributed by atoms with Crippen molar-refractivity contribution in [3.8, 4) is 0 Å². The second-order valence-corrected chi connectivity index (χ2v) is 6.20. The number of carbonyl (C=O) groups is 1. The van der Waals surface area contributed by atoms with Gasteiger partial charge in [0.25, 0.3) is 5.69 Å². The summed E-state index contributed by atoms with van der Waals surface area (Å²) in [5.41, 5.74) is 2.44. The Kier molecular flexibility index (Phi) is 4.93. The second-order valence-electron chi connectivity index (χ2n) is 6.20. The van der Waals surface area contributed by atoms with Crippen molar-refractivity contribution in [2.45, 2.75) is 19.4 Å². The molecule has 0 aliphatic carbocycles. The van der Waals surface area contributed by atoms with E-state index in [1.165, 1.54) is 12.1 Å². The smallest absolute Gasteiger partial charge is 0.269 e. The first kappa shape index (κ1) is 17.5. The van der Waals surface area contributed by atoms with Crippen molar-refractivity contribution >= 4 is 22.5 Å². The predicted molar refractivity (Wildman–Crippen MR) is 99.7 cm³/mol. The summed E-state index contributed by atoms with van der Waals surface area (Å²) < 4.78 is 0. The molecule has 1 amide bonds. The number of nitro groups is 1. The molecule has 1 aromatic heterocycles. The normalized spacial score (nSPS) is 11.9. The Labute approximate surface area is 151 Å². The number of benzene rings is 2. The van der Waals surface area contributed by atoms with Crippen LogP contribution in [0.5, 0.6) is 0 Å². The van der Waals surface area contributed by atoms with Crippen molar-refractivity contribution in [1.29, 1.82) is 0 Å². The van der Waals surface area contributed by atoms with Crippen LogP contribution in [-0.4, -0.2) is 27.8 Å². The van der Waals surface area contributed by atoms with Gasteiger partial charge < -0.3 is 4.90 Å². The Morgan fingerprint density at radius 3 is 2.69 bits per heavy atom. The van der Waals surface area contributed by atoms with Gasteiger partial charge in [0, 0.05) is 30.8 Å². The highest BCUT2D eigenvalue weighted by atomic mass is 16.6. The van der Waals surface area contributed by atoms with Gasteiger partial charge in [0.15, 0.2) is 0 Å². The molecule has 2 aromatic carbocycles. The zero-order chi connectivity index (χ0) is 18.7. The molecule has 1 heterocycles. The van der Waals surface area contributed by atoms with Crippen LogP contribution in [0.3, 0.4) is 0 Å². The third-order valence-electron chi connectivity index (χ3n) is 4.60. The van der Waals surface area contributed by atoms with Crippen molar-refractivity contribution in [3.63, 3.8) is 0 Å². The number of carbonyl (C=O) groups excluding carboxylic acids is 1. The number of non-ortho nitro benzene ring substituents is 1. The summed E-state index contributed by atoms with van der Waals surface area (Å²) >= 11 is 0. The Morgan fingerprint density at radius 1 is 1.19 bits per heavy atom. The maximum absolute atomic E-state index is 12.8. The Balaban J connectivity index is 1.81. The lowest BCUT2D eigenvalue weighted by molar-refractivity contribution is -0.384. The van der Waals surface area contributed by atoms with E-state index in [1.54, 1.807) is 30.3 Å². The van der Waals surface area contributed by atoms with E-state index in [0.29, 0.717) is 0 Å². The highest BCUT2D eigenvalue weighted by Crippen LogP contribution is 2.24. The van der Waals surface area contributed by atoms with E-state index in [0.717, 1.165) is 22.0 Å². The summed E-state index contributed by atoms with van der Waals surface area (Å²) in [5.74, 6) is -0.0674. The molecule has 132 valence electrons. The van der Waals surface area contributed by atoms with Crippen LogP contribution >= 0.6 is 0 Å². The van der Waals surface area contributed by atoms with Crippen LogP contribution in [0.2, 0.25) is 0 Å². The van der Waals surface area contributed by atoms with Gasteiger partial charge in [0.1, 0.15) is 0 Å². The lowest BCUT2D eigenvalue weighted by Crippen LogP contribution is -2.31.